The highest BCUT2D eigenvalue weighted by Crippen LogP contribution is 2.43. The lowest BCUT2D eigenvalue weighted by molar-refractivity contribution is -0.141. The Kier molecular flexibility index (Phi) is 8.52. The summed E-state index contributed by atoms with van der Waals surface area (Å²) in [5, 5.41) is 9.87. The van der Waals surface area contributed by atoms with Crippen molar-refractivity contribution < 1.29 is 49.4 Å². The first-order valence-corrected chi connectivity index (χ1v) is 11.9. The SMILES string of the molecule is CC(C)CC(C(=O)O)c1cc(-c2ccc(C(F)(F)F)cc2)cc(N(C)c2cc(C(F)(F)F)ccc2C(F)(F)F)c1. The predicted octanol–water partition coefficient (Wildman–Crippen LogP) is 9.39. The Bertz CT molecular complexity index is 1360. The second-order valence-corrected chi connectivity index (χ2v) is 9.70. The van der Waals surface area contributed by atoms with E-state index in [9.17, 15) is 49.4 Å². The third-order valence-electron chi connectivity index (χ3n) is 6.27. The monoisotopic (exact) mass is 577 g/mol. The molecule has 1 unspecified atom stereocenters. The summed E-state index contributed by atoms with van der Waals surface area (Å²) < 4.78 is 121. The van der Waals surface area contributed by atoms with Crippen LogP contribution < -0.4 is 4.90 Å². The van der Waals surface area contributed by atoms with Gasteiger partial charge in [-0.05, 0) is 71.5 Å². The molecule has 1 atom stereocenters. The Morgan fingerprint density at radius 1 is 0.750 bits per heavy atom. The van der Waals surface area contributed by atoms with Crippen LogP contribution >= 0.6 is 0 Å². The lowest BCUT2D eigenvalue weighted by Gasteiger charge is -2.27. The van der Waals surface area contributed by atoms with Gasteiger partial charge in [-0.3, -0.25) is 4.79 Å². The van der Waals surface area contributed by atoms with Crippen LogP contribution in [0, 0.1) is 5.92 Å². The lowest BCUT2D eigenvalue weighted by atomic mass is 9.88. The van der Waals surface area contributed by atoms with Gasteiger partial charge in [0.25, 0.3) is 0 Å². The Morgan fingerprint density at radius 2 is 1.30 bits per heavy atom. The van der Waals surface area contributed by atoms with E-state index in [2.05, 4.69) is 0 Å². The van der Waals surface area contributed by atoms with E-state index >= 15 is 0 Å². The first-order valence-electron chi connectivity index (χ1n) is 11.9. The number of rotatable bonds is 7. The zero-order chi connectivity index (χ0) is 30.2. The van der Waals surface area contributed by atoms with Gasteiger partial charge in [0.2, 0.25) is 0 Å². The molecule has 0 radical (unpaired) electrons. The van der Waals surface area contributed by atoms with Crippen LogP contribution in [0.25, 0.3) is 11.1 Å². The van der Waals surface area contributed by atoms with Crippen molar-refractivity contribution in [2.45, 2.75) is 44.7 Å². The fourth-order valence-corrected chi connectivity index (χ4v) is 4.26. The molecule has 0 heterocycles. The van der Waals surface area contributed by atoms with Crippen molar-refractivity contribution in [3.63, 3.8) is 0 Å². The van der Waals surface area contributed by atoms with Crippen molar-refractivity contribution in [1.29, 1.82) is 0 Å². The number of alkyl halides is 9. The highest BCUT2D eigenvalue weighted by atomic mass is 19.4. The van der Waals surface area contributed by atoms with E-state index in [-0.39, 0.29) is 34.7 Å². The van der Waals surface area contributed by atoms with Gasteiger partial charge in [0.1, 0.15) is 0 Å². The first-order chi connectivity index (χ1) is 18.3. The second kappa shape index (κ2) is 11.1. The zero-order valence-electron chi connectivity index (χ0n) is 21.3. The van der Waals surface area contributed by atoms with Crippen molar-refractivity contribution >= 4 is 17.3 Å². The largest absolute Gasteiger partial charge is 0.481 e. The molecule has 0 aromatic heterocycles. The van der Waals surface area contributed by atoms with Gasteiger partial charge in [0.15, 0.2) is 0 Å². The molecule has 216 valence electrons. The van der Waals surface area contributed by atoms with Crippen molar-refractivity contribution in [3.8, 4) is 11.1 Å². The summed E-state index contributed by atoms with van der Waals surface area (Å²) in [7, 11) is 1.10. The maximum absolute atomic E-state index is 13.8. The van der Waals surface area contributed by atoms with Gasteiger partial charge in [-0.15, -0.1) is 0 Å². The van der Waals surface area contributed by atoms with Gasteiger partial charge >= 0.3 is 24.5 Å². The number of carboxylic acid groups (broad SMARTS) is 1. The lowest BCUT2D eigenvalue weighted by Crippen LogP contribution is -2.19. The smallest absolute Gasteiger partial charge is 0.418 e. The summed E-state index contributed by atoms with van der Waals surface area (Å²) in [5.74, 6) is -2.52. The van der Waals surface area contributed by atoms with Crippen LogP contribution in [0.2, 0.25) is 0 Å². The highest BCUT2D eigenvalue weighted by Gasteiger charge is 2.38. The Hall–Kier alpha value is -3.70. The minimum absolute atomic E-state index is 0.0905. The molecule has 0 amide bonds. The molecule has 0 aliphatic rings. The van der Waals surface area contributed by atoms with E-state index in [1.165, 1.54) is 18.2 Å². The molecule has 0 aliphatic carbocycles. The third-order valence-corrected chi connectivity index (χ3v) is 6.27. The van der Waals surface area contributed by atoms with Crippen LogP contribution in [0.4, 0.5) is 50.9 Å². The summed E-state index contributed by atoms with van der Waals surface area (Å²) in [6.07, 6.45) is -14.5. The maximum Gasteiger partial charge on any atom is 0.418 e. The number of hydrogen-bond donors (Lipinski definition) is 1. The zero-order valence-corrected chi connectivity index (χ0v) is 21.3. The van der Waals surface area contributed by atoms with Gasteiger partial charge in [-0.2, -0.15) is 39.5 Å². The van der Waals surface area contributed by atoms with Crippen LogP contribution in [0.5, 0.6) is 0 Å². The Balaban J connectivity index is 2.27. The maximum atomic E-state index is 13.8. The van der Waals surface area contributed by atoms with Gasteiger partial charge in [-0.1, -0.05) is 32.0 Å². The van der Waals surface area contributed by atoms with Crippen LogP contribution in [-0.4, -0.2) is 18.1 Å². The van der Waals surface area contributed by atoms with Gasteiger partial charge in [0, 0.05) is 12.7 Å². The van der Waals surface area contributed by atoms with Gasteiger partial charge < -0.3 is 10.0 Å². The standard InChI is InChI=1S/C28H24F9NO2/c1-15(2)10-22(25(39)40)18-11-17(16-4-6-19(7-5-16)26(29,30)31)12-21(13-18)38(3)24-14-20(27(32,33)34)8-9-23(24)28(35,36)37/h4-9,11-15,22H,10H2,1-3H3,(H,39,40). The molecule has 40 heavy (non-hydrogen) atoms. The fraction of sp³-hybridized carbons (Fsp3) is 0.321. The molecular weight excluding hydrogens is 553 g/mol. The number of aliphatic carboxylic acids is 1. The van der Waals surface area contributed by atoms with Crippen LogP contribution in [0.3, 0.4) is 0 Å². The molecule has 0 fully saturated rings. The molecule has 12 heteroatoms. The second-order valence-electron chi connectivity index (χ2n) is 9.70. The van der Waals surface area contributed by atoms with Crippen molar-refractivity contribution in [3.05, 3.63) is 82.9 Å². The fourth-order valence-electron chi connectivity index (χ4n) is 4.26. The topological polar surface area (TPSA) is 40.5 Å². The normalized spacial score (nSPS) is 13.4. The van der Waals surface area contributed by atoms with E-state index in [1.807, 2.05) is 0 Å². The molecule has 0 saturated heterocycles. The molecule has 3 nitrogen and oxygen atoms in total. The molecular formula is C28H24F9NO2. The van der Waals surface area contributed by atoms with Gasteiger partial charge in [0.05, 0.1) is 28.3 Å². The number of hydrogen-bond acceptors (Lipinski definition) is 2. The predicted molar refractivity (Wildman–Crippen MR) is 131 cm³/mol. The number of carboxylic acids is 1. The highest BCUT2D eigenvalue weighted by molar-refractivity contribution is 5.80. The van der Waals surface area contributed by atoms with E-state index in [4.69, 9.17) is 0 Å². The summed E-state index contributed by atoms with van der Waals surface area (Å²) in [6.45, 7) is 3.50. The Labute approximate surface area is 223 Å². The number of carbonyl (C=O) groups is 1. The quantitative estimate of drug-likeness (QED) is 0.285. The number of anilines is 2. The molecule has 0 bridgehead atoms. The van der Waals surface area contributed by atoms with E-state index in [0.29, 0.717) is 18.2 Å². The minimum atomic E-state index is -5.02. The summed E-state index contributed by atoms with van der Waals surface area (Å²) in [6, 6.07) is 8.74. The first kappa shape index (κ1) is 30.8. The van der Waals surface area contributed by atoms with E-state index < -0.39 is 52.8 Å². The van der Waals surface area contributed by atoms with Gasteiger partial charge in [-0.25, -0.2) is 0 Å². The Morgan fingerprint density at radius 3 is 1.77 bits per heavy atom. The van der Waals surface area contributed by atoms with E-state index in [1.54, 1.807) is 13.8 Å². The number of benzene rings is 3. The average Bonchev–Trinajstić information content (AvgIpc) is 2.84. The summed E-state index contributed by atoms with van der Waals surface area (Å²) in [4.78, 5) is 13.0. The third kappa shape index (κ3) is 7.08. The molecule has 0 aliphatic heterocycles. The molecule has 3 rings (SSSR count). The molecule has 3 aromatic rings. The average molecular weight is 577 g/mol. The van der Waals surface area contributed by atoms with Crippen molar-refractivity contribution in [2.75, 3.05) is 11.9 Å². The van der Waals surface area contributed by atoms with Crippen molar-refractivity contribution in [1.82, 2.24) is 0 Å². The molecule has 0 spiro atoms. The van der Waals surface area contributed by atoms with E-state index in [0.717, 1.165) is 36.2 Å². The van der Waals surface area contributed by atoms with Crippen LogP contribution in [0.15, 0.2) is 60.7 Å². The summed E-state index contributed by atoms with van der Waals surface area (Å²) >= 11 is 0. The van der Waals surface area contributed by atoms with Crippen LogP contribution in [0.1, 0.15) is 48.4 Å². The minimum Gasteiger partial charge on any atom is -0.481 e. The molecule has 0 saturated carbocycles. The summed E-state index contributed by atoms with van der Waals surface area (Å²) in [5.41, 5.74) is -4.08. The van der Waals surface area contributed by atoms with Crippen LogP contribution in [-0.2, 0) is 23.3 Å². The number of halogens is 9. The van der Waals surface area contributed by atoms with Crippen molar-refractivity contribution in [2.24, 2.45) is 5.92 Å². The molecule has 1 N–H and O–H groups in total. The molecule has 3 aromatic carbocycles. The number of nitrogens with zero attached hydrogens (tertiary/aromatic N) is 1.